The number of hydrogen-bond acceptors (Lipinski definition) is 2. The molecule has 0 spiro atoms. The molecule has 0 aliphatic heterocycles. The van der Waals surface area contributed by atoms with E-state index in [0.29, 0.717) is 12.0 Å². The zero-order valence-corrected chi connectivity index (χ0v) is 10.1. The normalized spacial score (nSPS) is 25.9. The second kappa shape index (κ2) is 3.45. The van der Waals surface area contributed by atoms with Crippen LogP contribution in [0.1, 0.15) is 37.5 Å². The molecule has 3 nitrogen and oxygen atoms in total. The molecule has 3 atom stereocenters. The van der Waals surface area contributed by atoms with Crippen LogP contribution < -0.4 is 0 Å². The molecule has 0 bridgehead atoms. The zero-order valence-electron chi connectivity index (χ0n) is 9.39. The molecule has 1 aliphatic carbocycles. The monoisotopic (exact) mass is 235 g/mol. The molecular weight excluding hydrogens is 222 g/mol. The van der Waals surface area contributed by atoms with Crippen LogP contribution in [0.4, 0.5) is 0 Å². The topological polar surface area (TPSA) is 30.7 Å². The van der Waals surface area contributed by atoms with Gasteiger partial charge >= 0.3 is 0 Å². The van der Waals surface area contributed by atoms with E-state index in [1.807, 2.05) is 25.3 Å². The Morgan fingerprint density at radius 2 is 2.31 bits per heavy atom. The summed E-state index contributed by atoms with van der Waals surface area (Å²) in [4.78, 5) is 9.00. The van der Waals surface area contributed by atoms with Crippen LogP contribution in [0.5, 0.6) is 0 Å². The van der Waals surface area contributed by atoms with Crippen LogP contribution in [-0.4, -0.2) is 14.5 Å². The maximum atomic E-state index is 6.19. The molecule has 2 aromatic rings. The summed E-state index contributed by atoms with van der Waals surface area (Å²) in [6, 6.07) is 4.45. The lowest BCUT2D eigenvalue weighted by Gasteiger charge is -2.08. The van der Waals surface area contributed by atoms with Gasteiger partial charge in [-0.05, 0) is 31.4 Å². The first-order valence-electron chi connectivity index (χ1n) is 5.65. The average Bonchev–Trinajstić information content (AvgIpc) is 2.85. The highest BCUT2D eigenvalue weighted by Crippen LogP contribution is 2.45. The molecule has 0 N–H and O–H groups in total. The minimum Gasteiger partial charge on any atom is -0.308 e. The summed E-state index contributed by atoms with van der Waals surface area (Å²) in [5.74, 6) is 1.67. The second-order valence-electron chi connectivity index (χ2n) is 4.58. The van der Waals surface area contributed by atoms with Crippen molar-refractivity contribution in [2.75, 3.05) is 0 Å². The van der Waals surface area contributed by atoms with Gasteiger partial charge < -0.3 is 4.57 Å². The Morgan fingerprint density at radius 1 is 1.56 bits per heavy atom. The lowest BCUT2D eigenvalue weighted by molar-refractivity contribution is 0.654. The molecule has 84 valence electrons. The van der Waals surface area contributed by atoms with Crippen molar-refractivity contribution < 1.29 is 0 Å². The third-order valence-electron chi connectivity index (χ3n) is 3.23. The van der Waals surface area contributed by atoms with Gasteiger partial charge in [0.2, 0.25) is 0 Å². The van der Waals surface area contributed by atoms with E-state index < -0.39 is 0 Å². The van der Waals surface area contributed by atoms with Crippen molar-refractivity contribution in [1.29, 1.82) is 0 Å². The lowest BCUT2D eigenvalue weighted by atomic mass is 10.4. The van der Waals surface area contributed by atoms with Crippen molar-refractivity contribution in [3.63, 3.8) is 0 Å². The van der Waals surface area contributed by atoms with E-state index in [-0.39, 0.29) is 5.38 Å². The Bertz CT molecular complexity index is 532. The minimum absolute atomic E-state index is 0.0676. The molecule has 2 aromatic heterocycles. The van der Waals surface area contributed by atoms with Crippen molar-refractivity contribution in [2.24, 2.45) is 5.92 Å². The van der Waals surface area contributed by atoms with Gasteiger partial charge in [-0.2, -0.15) is 0 Å². The van der Waals surface area contributed by atoms with Crippen molar-refractivity contribution in [3.05, 3.63) is 24.2 Å². The van der Waals surface area contributed by atoms with Crippen LogP contribution in [0, 0.1) is 5.92 Å². The smallest absolute Gasteiger partial charge is 0.160 e. The SMILES string of the molecule is CC(Cl)c1nc2cccnc2n1C1CC1C. The summed E-state index contributed by atoms with van der Waals surface area (Å²) in [6.07, 6.45) is 3.02. The number of imidazole rings is 1. The number of alkyl halides is 1. The summed E-state index contributed by atoms with van der Waals surface area (Å²) in [5.41, 5.74) is 1.92. The first-order valence-corrected chi connectivity index (χ1v) is 6.09. The standard InChI is InChI=1S/C12H14ClN3/c1-7-6-10(7)16-11(8(2)13)15-9-4-3-5-14-12(9)16/h3-5,7-8,10H,6H2,1-2H3. The van der Waals surface area contributed by atoms with Gasteiger partial charge in [-0.15, -0.1) is 11.6 Å². The summed E-state index contributed by atoms with van der Waals surface area (Å²) < 4.78 is 2.22. The number of pyridine rings is 1. The number of rotatable bonds is 2. The number of aromatic nitrogens is 3. The van der Waals surface area contributed by atoms with Crippen LogP contribution in [0.3, 0.4) is 0 Å². The Kier molecular flexibility index (Phi) is 2.18. The van der Waals surface area contributed by atoms with E-state index in [1.165, 1.54) is 6.42 Å². The lowest BCUT2D eigenvalue weighted by Crippen LogP contribution is -2.03. The van der Waals surface area contributed by atoms with Crippen LogP contribution in [-0.2, 0) is 0 Å². The molecule has 3 unspecified atom stereocenters. The largest absolute Gasteiger partial charge is 0.308 e. The first kappa shape index (κ1) is 10.1. The zero-order chi connectivity index (χ0) is 11.3. The Morgan fingerprint density at radius 3 is 2.94 bits per heavy atom. The average molecular weight is 236 g/mol. The molecule has 0 radical (unpaired) electrons. The van der Waals surface area contributed by atoms with E-state index >= 15 is 0 Å². The summed E-state index contributed by atoms with van der Waals surface area (Å²) in [5, 5.41) is -0.0676. The fourth-order valence-corrected chi connectivity index (χ4v) is 2.37. The molecule has 1 aliphatic rings. The maximum Gasteiger partial charge on any atom is 0.160 e. The van der Waals surface area contributed by atoms with Gasteiger partial charge in [-0.1, -0.05) is 6.92 Å². The number of halogens is 1. The highest BCUT2D eigenvalue weighted by atomic mass is 35.5. The van der Waals surface area contributed by atoms with Crippen molar-refractivity contribution >= 4 is 22.8 Å². The quantitative estimate of drug-likeness (QED) is 0.748. The fourth-order valence-electron chi connectivity index (χ4n) is 2.22. The van der Waals surface area contributed by atoms with E-state index in [0.717, 1.165) is 17.0 Å². The van der Waals surface area contributed by atoms with Crippen LogP contribution in [0.2, 0.25) is 0 Å². The maximum absolute atomic E-state index is 6.19. The molecule has 1 saturated carbocycles. The molecule has 1 fully saturated rings. The van der Waals surface area contributed by atoms with Crippen molar-refractivity contribution in [1.82, 2.24) is 14.5 Å². The molecule has 4 heteroatoms. The molecule has 16 heavy (non-hydrogen) atoms. The molecule has 0 aromatic carbocycles. The Hall–Kier alpha value is -1.09. The Labute approximate surface area is 99.5 Å². The predicted octanol–water partition coefficient (Wildman–Crippen LogP) is 3.31. The van der Waals surface area contributed by atoms with Gasteiger partial charge in [0.1, 0.15) is 11.3 Å². The van der Waals surface area contributed by atoms with Gasteiger partial charge in [-0.3, -0.25) is 0 Å². The van der Waals surface area contributed by atoms with Gasteiger partial charge in [0.25, 0.3) is 0 Å². The summed E-state index contributed by atoms with van der Waals surface area (Å²) in [6.45, 7) is 4.22. The summed E-state index contributed by atoms with van der Waals surface area (Å²) in [7, 11) is 0. The molecule has 3 rings (SSSR count). The summed E-state index contributed by atoms with van der Waals surface area (Å²) >= 11 is 6.19. The molecule has 0 saturated heterocycles. The minimum atomic E-state index is -0.0676. The third-order valence-corrected chi connectivity index (χ3v) is 3.43. The fraction of sp³-hybridized carbons (Fsp3) is 0.500. The van der Waals surface area contributed by atoms with E-state index in [4.69, 9.17) is 11.6 Å². The van der Waals surface area contributed by atoms with Gasteiger partial charge in [0.15, 0.2) is 5.65 Å². The molecule has 2 heterocycles. The first-order chi connectivity index (χ1) is 7.68. The molecular formula is C12H14ClN3. The van der Waals surface area contributed by atoms with Crippen LogP contribution in [0.15, 0.2) is 18.3 Å². The second-order valence-corrected chi connectivity index (χ2v) is 5.24. The number of fused-ring (bicyclic) bond motifs is 1. The van der Waals surface area contributed by atoms with Gasteiger partial charge in [0, 0.05) is 12.2 Å². The van der Waals surface area contributed by atoms with E-state index in [1.54, 1.807) is 0 Å². The van der Waals surface area contributed by atoms with Gasteiger partial charge in [-0.25, -0.2) is 9.97 Å². The Balaban J connectivity index is 2.24. The number of hydrogen-bond donors (Lipinski definition) is 0. The predicted molar refractivity (Wildman–Crippen MR) is 64.6 cm³/mol. The third kappa shape index (κ3) is 1.42. The van der Waals surface area contributed by atoms with E-state index in [9.17, 15) is 0 Å². The van der Waals surface area contributed by atoms with Crippen LogP contribution >= 0.6 is 11.6 Å². The van der Waals surface area contributed by atoms with Crippen molar-refractivity contribution in [2.45, 2.75) is 31.7 Å². The number of nitrogens with zero attached hydrogens (tertiary/aromatic N) is 3. The highest BCUT2D eigenvalue weighted by molar-refractivity contribution is 6.20. The van der Waals surface area contributed by atoms with Crippen LogP contribution in [0.25, 0.3) is 11.2 Å². The van der Waals surface area contributed by atoms with Crippen molar-refractivity contribution in [3.8, 4) is 0 Å². The molecule has 0 amide bonds. The highest BCUT2D eigenvalue weighted by Gasteiger charge is 2.37. The van der Waals surface area contributed by atoms with Gasteiger partial charge in [0.05, 0.1) is 5.38 Å². The van der Waals surface area contributed by atoms with E-state index in [2.05, 4.69) is 21.5 Å².